The van der Waals surface area contributed by atoms with Crippen LogP contribution in [0.4, 0.5) is 22.7 Å². The summed E-state index contributed by atoms with van der Waals surface area (Å²) in [6.07, 6.45) is 1.39. The molecule has 2 aromatic rings. The van der Waals surface area contributed by atoms with E-state index in [2.05, 4.69) is 10.2 Å². The summed E-state index contributed by atoms with van der Waals surface area (Å²) < 4.78 is 0. The van der Waals surface area contributed by atoms with Gasteiger partial charge in [0.25, 0.3) is 17.3 Å². The minimum absolute atomic E-state index is 0.173. The normalized spacial score (nSPS) is 13.5. The third-order valence-corrected chi connectivity index (χ3v) is 5.17. The van der Waals surface area contributed by atoms with Crippen molar-refractivity contribution in [1.29, 1.82) is 0 Å². The molecule has 0 radical (unpaired) electrons. The number of carbonyl (C=O) groups excluding carboxylic acids is 2. The molecule has 0 saturated carbocycles. The first kappa shape index (κ1) is 22.7. The fourth-order valence-corrected chi connectivity index (χ4v) is 3.48. The van der Waals surface area contributed by atoms with Crippen LogP contribution in [0.15, 0.2) is 42.5 Å². The van der Waals surface area contributed by atoms with E-state index in [0.29, 0.717) is 38.3 Å². The van der Waals surface area contributed by atoms with Crippen molar-refractivity contribution in [1.82, 2.24) is 4.90 Å². The second-order valence-electron chi connectivity index (χ2n) is 7.37. The van der Waals surface area contributed by atoms with E-state index in [1.165, 1.54) is 0 Å². The van der Waals surface area contributed by atoms with Crippen molar-refractivity contribution in [3.8, 4) is 0 Å². The zero-order chi connectivity index (χ0) is 23.3. The number of piperazine rings is 1. The predicted octanol–water partition coefficient (Wildman–Crippen LogP) is 3.20. The van der Waals surface area contributed by atoms with Gasteiger partial charge in [0.2, 0.25) is 5.91 Å². The van der Waals surface area contributed by atoms with Crippen LogP contribution in [0.5, 0.6) is 0 Å². The second-order valence-corrected chi connectivity index (χ2v) is 7.37. The molecule has 1 aliphatic rings. The standard InChI is InChI=1S/C21H23N5O6/c1-2-3-20(27)24-10-8-23(9-11-24)17-6-4-16(5-7-17)22-21(28)15-12-18(25(29)30)14-19(13-15)26(31)32/h4-7,12-14H,2-3,8-11H2,1H3,(H,22,28). The second kappa shape index (κ2) is 9.86. The zero-order valence-corrected chi connectivity index (χ0v) is 17.5. The summed E-state index contributed by atoms with van der Waals surface area (Å²) in [6.45, 7) is 4.71. The SMILES string of the molecule is CCCC(=O)N1CCN(c2ccc(NC(=O)c3cc([N+](=O)[O-])cc([N+](=O)[O-])c3)cc2)CC1. The van der Waals surface area contributed by atoms with E-state index in [1.54, 1.807) is 12.1 Å². The lowest BCUT2D eigenvalue weighted by molar-refractivity contribution is -0.394. The van der Waals surface area contributed by atoms with E-state index in [0.717, 1.165) is 30.3 Å². The lowest BCUT2D eigenvalue weighted by Gasteiger charge is -2.36. The number of nitrogens with zero attached hydrogens (tertiary/aromatic N) is 4. The Balaban J connectivity index is 1.65. The maximum Gasteiger partial charge on any atom is 0.277 e. The summed E-state index contributed by atoms with van der Waals surface area (Å²) in [5.74, 6) is -0.515. The molecule has 3 rings (SSSR count). The molecule has 1 aliphatic heterocycles. The summed E-state index contributed by atoms with van der Waals surface area (Å²) in [5, 5.41) is 24.6. The van der Waals surface area contributed by atoms with Crippen molar-refractivity contribution >= 4 is 34.6 Å². The summed E-state index contributed by atoms with van der Waals surface area (Å²) in [6, 6.07) is 9.83. The third-order valence-electron chi connectivity index (χ3n) is 5.17. The number of nitro benzene ring substituents is 2. The fourth-order valence-electron chi connectivity index (χ4n) is 3.48. The van der Waals surface area contributed by atoms with Crippen LogP contribution in [-0.4, -0.2) is 52.7 Å². The van der Waals surface area contributed by atoms with Gasteiger partial charge in [0.1, 0.15) is 0 Å². The van der Waals surface area contributed by atoms with Gasteiger partial charge in [0.05, 0.1) is 21.5 Å². The Kier molecular flexibility index (Phi) is 6.98. The molecule has 2 aromatic carbocycles. The smallest absolute Gasteiger partial charge is 0.277 e. The number of amides is 2. The Morgan fingerprint density at radius 3 is 2.00 bits per heavy atom. The number of non-ortho nitro benzene ring substituents is 2. The van der Waals surface area contributed by atoms with Crippen LogP contribution in [0.2, 0.25) is 0 Å². The van der Waals surface area contributed by atoms with Gasteiger partial charge < -0.3 is 15.1 Å². The highest BCUT2D eigenvalue weighted by atomic mass is 16.6. The van der Waals surface area contributed by atoms with Gasteiger partial charge in [-0.2, -0.15) is 0 Å². The van der Waals surface area contributed by atoms with Crippen molar-refractivity contribution in [3.05, 3.63) is 68.3 Å². The molecule has 168 valence electrons. The lowest BCUT2D eigenvalue weighted by atomic mass is 10.1. The number of anilines is 2. The van der Waals surface area contributed by atoms with Gasteiger partial charge in [-0.25, -0.2) is 0 Å². The van der Waals surface area contributed by atoms with Crippen LogP contribution in [0.25, 0.3) is 0 Å². The van der Waals surface area contributed by atoms with Crippen LogP contribution in [0.3, 0.4) is 0 Å². The molecule has 1 N–H and O–H groups in total. The fraction of sp³-hybridized carbons (Fsp3) is 0.333. The highest BCUT2D eigenvalue weighted by Gasteiger charge is 2.22. The largest absolute Gasteiger partial charge is 0.368 e. The van der Waals surface area contributed by atoms with E-state index in [-0.39, 0.29) is 11.5 Å². The number of benzene rings is 2. The molecule has 1 heterocycles. The van der Waals surface area contributed by atoms with Crippen LogP contribution in [-0.2, 0) is 4.79 Å². The first-order chi connectivity index (χ1) is 15.3. The predicted molar refractivity (Wildman–Crippen MR) is 118 cm³/mol. The van der Waals surface area contributed by atoms with E-state index in [9.17, 15) is 29.8 Å². The molecule has 1 saturated heterocycles. The molecule has 11 nitrogen and oxygen atoms in total. The number of hydrogen-bond donors (Lipinski definition) is 1. The van der Waals surface area contributed by atoms with Crippen molar-refractivity contribution < 1.29 is 19.4 Å². The maximum absolute atomic E-state index is 12.5. The molecule has 0 bridgehead atoms. The van der Waals surface area contributed by atoms with E-state index >= 15 is 0 Å². The van der Waals surface area contributed by atoms with Crippen molar-refractivity contribution in [2.24, 2.45) is 0 Å². The highest BCUT2D eigenvalue weighted by molar-refractivity contribution is 6.05. The van der Waals surface area contributed by atoms with Crippen LogP contribution >= 0.6 is 0 Å². The molecule has 0 aromatic heterocycles. The molecule has 0 aliphatic carbocycles. The first-order valence-corrected chi connectivity index (χ1v) is 10.2. The number of nitrogens with one attached hydrogen (secondary N) is 1. The minimum atomic E-state index is -0.784. The minimum Gasteiger partial charge on any atom is -0.368 e. The molecule has 11 heteroatoms. The van der Waals surface area contributed by atoms with Crippen molar-refractivity contribution in [2.45, 2.75) is 19.8 Å². The topological polar surface area (TPSA) is 139 Å². The number of hydrogen-bond acceptors (Lipinski definition) is 7. The summed E-state index contributed by atoms with van der Waals surface area (Å²) in [4.78, 5) is 49.0. The molecule has 32 heavy (non-hydrogen) atoms. The summed E-state index contributed by atoms with van der Waals surface area (Å²) in [7, 11) is 0. The van der Waals surface area contributed by atoms with Gasteiger partial charge in [-0.05, 0) is 30.7 Å². The van der Waals surface area contributed by atoms with E-state index in [1.807, 2.05) is 24.0 Å². The molecular weight excluding hydrogens is 418 g/mol. The van der Waals surface area contributed by atoms with Gasteiger partial charge in [-0.1, -0.05) is 6.92 Å². The highest BCUT2D eigenvalue weighted by Crippen LogP contribution is 2.24. The summed E-state index contributed by atoms with van der Waals surface area (Å²) >= 11 is 0. The number of nitro groups is 2. The third kappa shape index (κ3) is 5.36. The van der Waals surface area contributed by atoms with Crippen LogP contribution in [0.1, 0.15) is 30.1 Å². The van der Waals surface area contributed by atoms with Crippen molar-refractivity contribution in [2.75, 3.05) is 36.4 Å². The van der Waals surface area contributed by atoms with Gasteiger partial charge in [-0.3, -0.25) is 29.8 Å². The molecule has 2 amide bonds. The Labute approximate surface area is 183 Å². The molecule has 0 atom stereocenters. The first-order valence-electron chi connectivity index (χ1n) is 10.2. The zero-order valence-electron chi connectivity index (χ0n) is 17.5. The molecular formula is C21H23N5O6. The summed E-state index contributed by atoms with van der Waals surface area (Å²) in [5.41, 5.74) is 0.150. The molecule has 0 unspecified atom stereocenters. The van der Waals surface area contributed by atoms with Gasteiger partial charge >= 0.3 is 0 Å². The van der Waals surface area contributed by atoms with E-state index < -0.39 is 27.1 Å². The number of carbonyl (C=O) groups is 2. The quantitative estimate of drug-likeness (QED) is 0.514. The Morgan fingerprint density at radius 1 is 0.938 bits per heavy atom. The van der Waals surface area contributed by atoms with Crippen molar-refractivity contribution in [3.63, 3.8) is 0 Å². The lowest BCUT2D eigenvalue weighted by Crippen LogP contribution is -2.48. The van der Waals surface area contributed by atoms with Gasteiger partial charge in [0.15, 0.2) is 0 Å². The number of rotatable bonds is 7. The Morgan fingerprint density at radius 2 is 1.50 bits per heavy atom. The monoisotopic (exact) mass is 441 g/mol. The van der Waals surface area contributed by atoms with Gasteiger partial charge in [0, 0.05) is 56.1 Å². The van der Waals surface area contributed by atoms with Crippen LogP contribution in [0, 0.1) is 20.2 Å². The van der Waals surface area contributed by atoms with E-state index in [4.69, 9.17) is 0 Å². The maximum atomic E-state index is 12.5. The average Bonchev–Trinajstić information content (AvgIpc) is 2.79. The molecule has 1 fully saturated rings. The van der Waals surface area contributed by atoms with Crippen LogP contribution < -0.4 is 10.2 Å². The molecule has 0 spiro atoms. The Bertz CT molecular complexity index is 999. The van der Waals surface area contributed by atoms with Gasteiger partial charge in [-0.15, -0.1) is 0 Å². The average molecular weight is 441 g/mol. The Hall–Kier alpha value is -4.02.